The van der Waals surface area contributed by atoms with E-state index in [0.29, 0.717) is 0 Å². The van der Waals surface area contributed by atoms with Crippen molar-refractivity contribution in [1.82, 2.24) is 4.90 Å². The molecule has 0 radical (unpaired) electrons. The van der Waals surface area contributed by atoms with Crippen LogP contribution in [0.1, 0.15) is 24.4 Å². The second-order valence-electron chi connectivity index (χ2n) is 8.87. The minimum atomic E-state index is -5.08. The number of morpholine rings is 1. The predicted octanol–water partition coefficient (Wildman–Crippen LogP) is 4.87. The van der Waals surface area contributed by atoms with Gasteiger partial charge in [0.15, 0.2) is 0 Å². The average Bonchev–Trinajstić information content (AvgIpc) is 3.23. The van der Waals surface area contributed by atoms with Crippen LogP contribution in [0.15, 0.2) is 40.8 Å². The molecule has 1 unspecified atom stereocenters. The normalized spacial score (nSPS) is 19.9. The van der Waals surface area contributed by atoms with Crippen molar-refractivity contribution in [2.45, 2.75) is 44.3 Å². The van der Waals surface area contributed by atoms with Crippen molar-refractivity contribution in [2.24, 2.45) is 0 Å². The summed E-state index contributed by atoms with van der Waals surface area (Å²) in [7, 11) is 0. The molecule has 1 aromatic heterocycles. The highest BCUT2D eigenvalue weighted by Gasteiger charge is 2.41. The molecule has 3 heterocycles. The molecule has 218 valence electrons. The first-order chi connectivity index (χ1) is 18.0. The molecule has 1 aromatic carbocycles. The Hall–Kier alpha value is -3.33. The monoisotopic (exact) mass is 572 g/mol. The number of alkyl halides is 6. The van der Waals surface area contributed by atoms with Crippen LogP contribution < -0.4 is 4.90 Å². The number of hydrogen-bond donors (Lipinski definition) is 2. The maximum atomic E-state index is 13.6. The van der Waals surface area contributed by atoms with Gasteiger partial charge in [-0.05, 0) is 50.1 Å². The van der Waals surface area contributed by atoms with Crippen LogP contribution in [-0.4, -0.2) is 77.8 Å². The minimum Gasteiger partial charge on any atom is -0.475 e. The van der Waals surface area contributed by atoms with Gasteiger partial charge in [0.05, 0.1) is 18.8 Å². The van der Waals surface area contributed by atoms with Gasteiger partial charge in [-0.3, -0.25) is 4.90 Å². The zero-order valence-electron chi connectivity index (χ0n) is 20.7. The van der Waals surface area contributed by atoms with E-state index in [0.717, 1.165) is 69.4 Å². The highest BCUT2D eigenvalue weighted by Crippen LogP contribution is 2.32. The molecule has 0 aliphatic carbocycles. The second kappa shape index (κ2) is 13.2. The molecule has 15 heteroatoms. The zero-order valence-corrected chi connectivity index (χ0v) is 20.7. The van der Waals surface area contributed by atoms with Crippen molar-refractivity contribution in [3.05, 3.63) is 53.7 Å². The number of ether oxygens (including phenoxy) is 1. The maximum Gasteiger partial charge on any atom is 0.490 e. The summed E-state index contributed by atoms with van der Waals surface area (Å²) < 4.78 is 89.0. The lowest BCUT2D eigenvalue weighted by Gasteiger charge is -2.48. The summed E-state index contributed by atoms with van der Waals surface area (Å²) in [6, 6.07) is 10.9. The standard InChI is InChI=1S/C20H25FN2O2.2C2HF3O2/c1-16-6-7-19(25-16)13-22-10-11-24-20(14-22)8-3-9-23(15-20)18-5-2-4-17(21)12-18;2*3-2(4,5)1(6)7/h2,4-7,12H,3,8-11,13-15H2,1H3;2*(H,6,7). The fourth-order valence-corrected chi connectivity index (χ4v) is 4.09. The van der Waals surface area contributed by atoms with E-state index in [9.17, 15) is 30.7 Å². The SMILES string of the molecule is Cc1ccc(CN2CCOC3(CCCN(c4cccc(F)c4)C3)C2)o1.O=C(O)C(F)(F)F.O=C(O)C(F)(F)F. The lowest BCUT2D eigenvalue weighted by Crippen LogP contribution is -2.59. The quantitative estimate of drug-likeness (QED) is 0.503. The number of halogens is 7. The van der Waals surface area contributed by atoms with Gasteiger partial charge in [-0.25, -0.2) is 14.0 Å². The van der Waals surface area contributed by atoms with Gasteiger partial charge in [-0.15, -0.1) is 0 Å². The maximum absolute atomic E-state index is 13.6. The molecule has 4 rings (SSSR count). The van der Waals surface area contributed by atoms with Gasteiger partial charge in [-0.1, -0.05) is 6.07 Å². The molecule has 0 bridgehead atoms. The number of carbonyl (C=O) groups is 2. The summed E-state index contributed by atoms with van der Waals surface area (Å²) in [6.45, 7) is 7.09. The third kappa shape index (κ3) is 10.4. The Bertz CT molecular complexity index is 1080. The first-order valence-electron chi connectivity index (χ1n) is 11.5. The van der Waals surface area contributed by atoms with Crippen molar-refractivity contribution in [3.8, 4) is 0 Å². The number of rotatable bonds is 3. The van der Waals surface area contributed by atoms with E-state index in [-0.39, 0.29) is 11.4 Å². The Labute approximate surface area is 218 Å². The first kappa shape index (κ1) is 31.9. The van der Waals surface area contributed by atoms with E-state index in [4.69, 9.17) is 29.0 Å². The molecule has 2 fully saturated rings. The fourth-order valence-electron chi connectivity index (χ4n) is 4.09. The number of piperidine rings is 1. The summed E-state index contributed by atoms with van der Waals surface area (Å²) >= 11 is 0. The summed E-state index contributed by atoms with van der Waals surface area (Å²) in [5, 5.41) is 14.2. The highest BCUT2D eigenvalue weighted by molar-refractivity contribution is 5.73. The van der Waals surface area contributed by atoms with E-state index in [2.05, 4.69) is 15.9 Å². The van der Waals surface area contributed by atoms with Gasteiger partial charge in [0.25, 0.3) is 0 Å². The van der Waals surface area contributed by atoms with Crippen LogP contribution in [0.4, 0.5) is 36.4 Å². The molecule has 8 nitrogen and oxygen atoms in total. The second-order valence-corrected chi connectivity index (χ2v) is 8.87. The van der Waals surface area contributed by atoms with Crippen LogP contribution in [0.3, 0.4) is 0 Å². The van der Waals surface area contributed by atoms with Crippen LogP contribution in [0, 0.1) is 12.7 Å². The molecule has 2 aromatic rings. The summed E-state index contributed by atoms with van der Waals surface area (Å²) in [5.74, 6) is -3.74. The number of carboxylic acids is 2. The Morgan fingerprint density at radius 2 is 1.59 bits per heavy atom. The fraction of sp³-hybridized carbons (Fsp3) is 0.500. The molecule has 2 N–H and O–H groups in total. The number of aliphatic carboxylic acids is 2. The highest BCUT2D eigenvalue weighted by atomic mass is 19.4. The van der Waals surface area contributed by atoms with Crippen molar-refractivity contribution < 1.29 is 59.7 Å². The molecule has 39 heavy (non-hydrogen) atoms. The summed E-state index contributed by atoms with van der Waals surface area (Å²) in [4.78, 5) is 22.5. The lowest BCUT2D eigenvalue weighted by molar-refractivity contribution is -0.193. The molecule has 1 spiro atoms. The van der Waals surface area contributed by atoms with Crippen molar-refractivity contribution >= 4 is 17.6 Å². The third-order valence-electron chi connectivity index (χ3n) is 5.70. The molecular weight excluding hydrogens is 545 g/mol. The number of anilines is 1. The Balaban J connectivity index is 0.000000317. The smallest absolute Gasteiger partial charge is 0.475 e. The van der Waals surface area contributed by atoms with Crippen LogP contribution in [-0.2, 0) is 20.9 Å². The molecule has 0 saturated carbocycles. The number of nitrogens with zero attached hydrogens (tertiary/aromatic N) is 2. The Kier molecular flexibility index (Phi) is 10.8. The average molecular weight is 572 g/mol. The number of aryl methyl sites for hydroxylation is 1. The topological polar surface area (TPSA) is 103 Å². The van der Waals surface area contributed by atoms with Crippen molar-refractivity contribution in [2.75, 3.05) is 37.7 Å². The van der Waals surface area contributed by atoms with Gasteiger partial charge in [-0.2, -0.15) is 26.3 Å². The van der Waals surface area contributed by atoms with E-state index in [1.807, 2.05) is 19.1 Å². The van der Waals surface area contributed by atoms with Crippen LogP contribution >= 0.6 is 0 Å². The summed E-state index contributed by atoms with van der Waals surface area (Å²) in [6.07, 6.45) is -8.06. The minimum absolute atomic E-state index is 0.176. The molecule has 0 amide bonds. The van der Waals surface area contributed by atoms with Crippen LogP contribution in [0.5, 0.6) is 0 Å². The molecular formula is C24H27F7N2O6. The Morgan fingerprint density at radius 3 is 2.10 bits per heavy atom. The van der Waals surface area contributed by atoms with Gasteiger partial charge in [0.1, 0.15) is 17.3 Å². The van der Waals surface area contributed by atoms with E-state index >= 15 is 0 Å². The van der Waals surface area contributed by atoms with Crippen molar-refractivity contribution in [3.63, 3.8) is 0 Å². The van der Waals surface area contributed by atoms with Crippen LogP contribution in [0.2, 0.25) is 0 Å². The predicted molar refractivity (Wildman–Crippen MR) is 123 cm³/mol. The van der Waals surface area contributed by atoms with Crippen LogP contribution in [0.25, 0.3) is 0 Å². The van der Waals surface area contributed by atoms with Gasteiger partial charge >= 0.3 is 24.3 Å². The van der Waals surface area contributed by atoms with E-state index in [1.54, 1.807) is 12.1 Å². The van der Waals surface area contributed by atoms with E-state index < -0.39 is 24.3 Å². The number of furan rings is 1. The molecule has 2 saturated heterocycles. The zero-order chi connectivity index (χ0) is 29.4. The number of carboxylic acid groups (broad SMARTS) is 2. The van der Waals surface area contributed by atoms with Gasteiger partial charge in [0, 0.05) is 31.9 Å². The largest absolute Gasteiger partial charge is 0.490 e. The van der Waals surface area contributed by atoms with Crippen molar-refractivity contribution in [1.29, 1.82) is 0 Å². The van der Waals surface area contributed by atoms with E-state index in [1.165, 1.54) is 6.07 Å². The summed E-state index contributed by atoms with van der Waals surface area (Å²) in [5.41, 5.74) is 0.770. The lowest BCUT2D eigenvalue weighted by atomic mass is 9.90. The Morgan fingerprint density at radius 1 is 0.974 bits per heavy atom. The molecule has 1 atom stereocenters. The number of hydrogen-bond acceptors (Lipinski definition) is 6. The molecule has 2 aliphatic heterocycles. The molecule has 2 aliphatic rings. The number of benzene rings is 1. The van der Waals surface area contributed by atoms with Gasteiger partial charge < -0.3 is 24.3 Å². The first-order valence-corrected chi connectivity index (χ1v) is 11.5. The van der Waals surface area contributed by atoms with Gasteiger partial charge in [0.2, 0.25) is 0 Å². The third-order valence-corrected chi connectivity index (χ3v) is 5.70.